The van der Waals surface area contributed by atoms with Crippen molar-refractivity contribution in [2.75, 3.05) is 10.2 Å². The second-order valence-corrected chi connectivity index (χ2v) is 8.52. The number of hydrogen-bond donors (Lipinski definition) is 1. The van der Waals surface area contributed by atoms with E-state index in [0.717, 1.165) is 28.9 Å². The molecule has 4 rings (SSSR count). The van der Waals surface area contributed by atoms with Gasteiger partial charge in [0.1, 0.15) is 0 Å². The molecule has 1 fully saturated rings. The molecule has 4 heteroatoms. The molecule has 2 aliphatic rings. The summed E-state index contributed by atoms with van der Waals surface area (Å²) in [6.07, 6.45) is 1.52. The van der Waals surface area contributed by atoms with Crippen molar-refractivity contribution in [3.63, 3.8) is 0 Å². The summed E-state index contributed by atoms with van der Waals surface area (Å²) in [7, 11) is 0. The summed E-state index contributed by atoms with van der Waals surface area (Å²) >= 11 is 0. The molecule has 1 saturated carbocycles. The van der Waals surface area contributed by atoms with Crippen molar-refractivity contribution in [1.82, 2.24) is 0 Å². The number of amides is 2. The van der Waals surface area contributed by atoms with Crippen LogP contribution >= 0.6 is 0 Å². The Morgan fingerprint density at radius 1 is 1.07 bits per heavy atom. The zero-order valence-electron chi connectivity index (χ0n) is 17.0. The van der Waals surface area contributed by atoms with Gasteiger partial charge < -0.3 is 10.2 Å². The highest BCUT2D eigenvalue weighted by Gasteiger charge is 2.51. The Labute approximate surface area is 166 Å². The lowest BCUT2D eigenvalue weighted by Gasteiger charge is -2.23. The first-order valence-corrected chi connectivity index (χ1v) is 10.2. The van der Waals surface area contributed by atoms with Gasteiger partial charge in [-0.2, -0.15) is 0 Å². The first kappa shape index (κ1) is 18.7. The average molecular weight is 377 g/mol. The Hall–Kier alpha value is -2.62. The van der Waals surface area contributed by atoms with E-state index in [4.69, 9.17) is 0 Å². The normalized spacial score (nSPS) is 22.9. The summed E-state index contributed by atoms with van der Waals surface area (Å²) in [5, 5.41) is 3.12. The maximum absolute atomic E-state index is 13.1. The Morgan fingerprint density at radius 2 is 1.82 bits per heavy atom. The lowest BCUT2D eigenvalue weighted by molar-refractivity contribution is -0.123. The highest BCUT2D eigenvalue weighted by atomic mass is 16.2. The van der Waals surface area contributed by atoms with Gasteiger partial charge in [0.2, 0.25) is 11.8 Å². The van der Waals surface area contributed by atoms with Gasteiger partial charge in [-0.15, -0.1) is 0 Å². The Kier molecular flexibility index (Phi) is 4.74. The van der Waals surface area contributed by atoms with Gasteiger partial charge in [0.25, 0.3) is 0 Å². The van der Waals surface area contributed by atoms with Crippen LogP contribution in [0.5, 0.6) is 0 Å². The van der Waals surface area contributed by atoms with Crippen LogP contribution in [0, 0.1) is 18.8 Å². The molecule has 0 saturated heterocycles. The van der Waals surface area contributed by atoms with E-state index in [1.54, 1.807) is 0 Å². The van der Waals surface area contributed by atoms with Crippen LogP contribution in [0.3, 0.4) is 0 Å². The van der Waals surface area contributed by atoms with Gasteiger partial charge in [-0.25, -0.2) is 0 Å². The number of anilines is 2. The van der Waals surface area contributed by atoms with E-state index < -0.39 is 0 Å². The molecule has 0 spiro atoms. The molecule has 0 aromatic heterocycles. The van der Waals surface area contributed by atoms with E-state index in [1.807, 2.05) is 42.2 Å². The van der Waals surface area contributed by atoms with Crippen LogP contribution in [0.4, 0.5) is 11.4 Å². The molecule has 146 valence electrons. The number of rotatable bonds is 4. The number of carbonyl (C=O) groups excluding carboxylic acids is 2. The third-order valence-electron chi connectivity index (χ3n) is 6.06. The van der Waals surface area contributed by atoms with E-state index >= 15 is 0 Å². The number of carbonyl (C=O) groups is 2. The first-order valence-electron chi connectivity index (χ1n) is 10.2. The molecule has 2 aromatic rings. The largest absolute Gasteiger partial charge is 0.325 e. The first-order chi connectivity index (χ1) is 13.4. The summed E-state index contributed by atoms with van der Waals surface area (Å²) in [5.74, 6) is -0.0536. The van der Waals surface area contributed by atoms with Crippen LogP contribution in [0.1, 0.15) is 49.8 Å². The zero-order chi connectivity index (χ0) is 20.0. The lowest BCUT2D eigenvalue weighted by Crippen LogP contribution is -2.37. The van der Waals surface area contributed by atoms with Crippen molar-refractivity contribution < 1.29 is 9.59 Å². The van der Waals surface area contributed by atoms with Gasteiger partial charge in [-0.05, 0) is 55.4 Å². The standard InChI is InChI=1S/C24H28N2O2/c1-14(2)18-10-7-8-15(3)22(18)25-23(27)19-13-20(19)24(28)26-16(4)12-17-9-5-6-11-21(17)26/h5-11,14,16,19-20H,12-13H2,1-4H3,(H,25,27). The summed E-state index contributed by atoms with van der Waals surface area (Å²) in [4.78, 5) is 27.9. The van der Waals surface area contributed by atoms with Crippen molar-refractivity contribution in [3.05, 3.63) is 59.2 Å². The molecule has 1 aliphatic heterocycles. The second-order valence-electron chi connectivity index (χ2n) is 8.52. The Morgan fingerprint density at radius 3 is 2.57 bits per heavy atom. The molecule has 0 radical (unpaired) electrons. The summed E-state index contributed by atoms with van der Waals surface area (Å²) < 4.78 is 0. The third-order valence-corrected chi connectivity index (χ3v) is 6.06. The van der Waals surface area contributed by atoms with E-state index in [1.165, 1.54) is 5.56 Å². The average Bonchev–Trinajstić information content (AvgIpc) is 3.39. The van der Waals surface area contributed by atoms with E-state index in [9.17, 15) is 9.59 Å². The molecule has 1 heterocycles. The fourth-order valence-corrected chi connectivity index (χ4v) is 4.40. The molecule has 2 amide bonds. The van der Waals surface area contributed by atoms with E-state index in [0.29, 0.717) is 12.3 Å². The predicted octanol–water partition coefficient (Wildman–Crippen LogP) is 4.67. The van der Waals surface area contributed by atoms with Gasteiger partial charge >= 0.3 is 0 Å². The number of fused-ring (bicyclic) bond motifs is 1. The van der Waals surface area contributed by atoms with E-state index in [2.05, 4.69) is 38.2 Å². The summed E-state index contributed by atoms with van der Waals surface area (Å²) in [5.41, 5.74) is 5.32. The highest BCUT2D eigenvalue weighted by Crippen LogP contribution is 2.44. The topological polar surface area (TPSA) is 49.4 Å². The zero-order valence-corrected chi connectivity index (χ0v) is 17.0. The molecule has 28 heavy (non-hydrogen) atoms. The summed E-state index contributed by atoms with van der Waals surface area (Å²) in [6, 6.07) is 14.3. The van der Waals surface area contributed by atoms with Gasteiger partial charge in [0, 0.05) is 17.4 Å². The second kappa shape index (κ2) is 7.08. The Bertz CT molecular complexity index is 934. The Balaban J connectivity index is 1.48. The number of nitrogens with zero attached hydrogens (tertiary/aromatic N) is 1. The molecule has 2 aromatic carbocycles. The number of nitrogens with one attached hydrogen (secondary N) is 1. The molecule has 1 N–H and O–H groups in total. The highest BCUT2D eigenvalue weighted by molar-refractivity contribution is 6.05. The van der Waals surface area contributed by atoms with Crippen LogP contribution in [0.2, 0.25) is 0 Å². The van der Waals surface area contributed by atoms with Gasteiger partial charge in [0.05, 0.1) is 11.8 Å². The minimum Gasteiger partial charge on any atom is -0.325 e. The number of para-hydroxylation sites is 2. The van der Waals surface area contributed by atoms with Crippen molar-refractivity contribution >= 4 is 23.2 Å². The SMILES string of the molecule is Cc1cccc(C(C)C)c1NC(=O)C1CC1C(=O)N1c2ccccc2CC1C. The minimum atomic E-state index is -0.230. The monoisotopic (exact) mass is 376 g/mol. The quantitative estimate of drug-likeness (QED) is 0.843. The van der Waals surface area contributed by atoms with Crippen LogP contribution in [0.25, 0.3) is 0 Å². The van der Waals surface area contributed by atoms with Gasteiger partial charge in [0.15, 0.2) is 0 Å². The van der Waals surface area contributed by atoms with Crippen LogP contribution in [-0.4, -0.2) is 17.9 Å². The fourth-order valence-electron chi connectivity index (χ4n) is 4.40. The van der Waals surface area contributed by atoms with Gasteiger partial charge in [-0.3, -0.25) is 9.59 Å². The third kappa shape index (κ3) is 3.21. The molecule has 1 aliphatic carbocycles. The number of aryl methyl sites for hydroxylation is 1. The molecule has 4 nitrogen and oxygen atoms in total. The number of hydrogen-bond acceptors (Lipinski definition) is 2. The van der Waals surface area contributed by atoms with Crippen molar-refractivity contribution in [1.29, 1.82) is 0 Å². The van der Waals surface area contributed by atoms with Crippen molar-refractivity contribution in [3.8, 4) is 0 Å². The maximum Gasteiger partial charge on any atom is 0.231 e. The van der Waals surface area contributed by atoms with Crippen LogP contribution in [-0.2, 0) is 16.0 Å². The lowest BCUT2D eigenvalue weighted by atomic mass is 9.98. The molecule has 3 atom stereocenters. The van der Waals surface area contributed by atoms with Crippen molar-refractivity contribution in [2.45, 2.75) is 52.5 Å². The molecule has 0 bridgehead atoms. The molecule has 3 unspecified atom stereocenters. The summed E-state index contributed by atoms with van der Waals surface area (Å²) in [6.45, 7) is 8.34. The molecular weight excluding hydrogens is 348 g/mol. The minimum absolute atomic E-state index is 0.0327. The van der Waals surface area contributed by atoms with Crippen LogP contribution in [0.15, 0.2) is 42.5 Å². The molecular formula is C24H28N2O2. The van der Waals surface area contributed by atoms with Crippen LogP contribution < -0.4 is 10.2 Å². The number of benzene rings is 2. The predicted molar refractivity (Wildman–Crippen MR) is 113 cm³/mol. The maximum atomic E-state index is 13.1. The van der Waals surface area contributed by atoms with Gasteiger partial charge in [-0.1, -0.05) is 50.2 Å². The smallest absolute Gasteiger partial charge is 0.231 e. The van der Waals surface area contributed by atoms with Crippen molar-refractivity contribution in [2.24, 2.45) is 11.8 Å². The van der Waals surface area contributed by atoms with E-state index in [-0.39, 0.29) is 29.7 Å². The fraction of sp³-hybridized carbons (Fsp3) is 0.417.